The molecular weight excluding hydrogens is 1030 g/mol. The first-order chi connectivity index (χ1) is 33.2. The highest BCUT2D eigenvalue weighted by Crippen LogP contribution is 2.48. The molecule has 17 atom stereocenters. The summed E-state index contributed by atoms with van der Waals surface area (Å²) in [6.07, 6.45) is 12.2. The van der Waals surface area contributed by atoms with Gasteiger partial charge in [-0.05, 0) is 106 Å². The van der Waals surface area contributed by atoms with Crippen LogP contribution in [-0.2, 0) is 38.0 Å². The van der Waals surface area contributed by atoms with Gasteiger partial charge in [-0.25, -0.2) is 0 Å². The molecule has 3 saturated heterocycles. The summed E-state index contributed by atoms with van der Waals surface area (Å²) < 4.78 is 46.4. The monoisotopic (exact) mass is 1120 g/mol. The summed E-state index contributed by atoms with van der Waals surface area (Å²) in [6.45, 7) is 20.3. The maximum Gasteiger partial charge on any atom is 0.311 e. The molecule has 5 unspecified atom stereocenters. The number of aliphatic hydroxyl groups is 4. The fourth-order valence-electron chi connectivity index (χ4n) is 12.0. The van der Waals surface area contributed by atoms with E-state index < -0.39 is 95.8 Å². The molecule has 0 aliphatic carbocycles. The highest BCUT2D eigenvalue weighted by atomic mass is 79.9. The Bertz CT molecular complexity index is 1540. The number of alkyl halides is 2. The van der Waals surface area contributed by atoms with Gasteiger partial charge in [0.15, 0.2) is 12.6 Å². The van der Waals surface area contributed by atoms with Crippen LogP contribution in [-0.4, -0.2) is 146 Å². The van der Waals surface area contributed by atoms with Crippen molar-refractivity contribution in [2.24, 2.45) is 17.8 Å². The fraction of sp³-hybridized carbons (Fsp3) is 0.945. The topological polar surface area (TPSA) is 166 Å². The number of cyclic esters (lactones) is 1. The predicted octanol–water partition coefficient (Wildman–Crippen LogP) is 10.7. The zero-order valence-corrected chi connectivity index (χ0v) is 48.5. The van der Waals surface area contributed by atoms with Gasteiger partial charge in [0.2, 0.25) is 0 Å². The van der Waals surface area contributed by atoms with Gasteiger partial charge in [-0.3, -0.25) is 9.69 Å². The van der Waals surface area contributed by atoms with Gasteiger partial charge >= 0.3 is 5.97 Å². The number of methoxy groups -OCH3 is 1. The molecule has 0 radical (unpaired) electrons. The molecule has 13 nitrogen and oxygen atoms in total. The Morgan fingerprint density at radius 1 is 0.814 bits per heavy atom. The van der Waals surface area contributed by atoms with E-state index in [0.717, 1.165) is 55.0 Å². The highest BCUT2D eigenvalue weighted by Gasteiger charge is 2.57. The number of halogens is 2. The van der Waals surface area contributed by atoms with Crippen molar-refractivity contribution in [1.82, 2.24) is 4.90 Å². The number of hydrogen-bond acceptors (Lipinski definition) is 13. The van der Waals surface area contributed by atoms with Crippen molar-refractivity contribution in [1.29, 1.82) is 0 Å². The Balaban J connectivity index is 1.68. The van der Waals surface area contributed by atoms with E-state index in [0.29, 0.717) is 18.6 Å². The van der Waals surface area contributed by atoms with Crippen molar-refractivity contribution >= 4 is 37.8 Å². The van der Waals surface area contributed by atoms with Crippen molar-refractivity contribution < 1.29 is 58.4 Å². The van der Waals surface area contributed by atoms with E-state index in [1.807, 2.05) is 34.6 Å². The number of fused-ring (bicyclic) bond motifs is 2. The van der Waals surface area contributed by atoms with Gasteiger partial charge in [-0.2, -0.15) is 0 Å². The van der Waals surface area contributed by atoms with Crippen LogP contribution in [0.2, 0.25) is 0 Å². The van der Waals surface area contributed by atoms with Gasteiger partial charge in [0.25, 0.3) is 0 Å². The number of ether oxygens (including phenoxy) is 7. The molecule has 0 aromatic carbocycles. The highest BCUT2D eigenvalue weighted by molar-refractivity contribution is 9.09. The Kier molecular flexibility index (Phi) is 26.4. The summed E-state index contributed by atoms with van der Waals surface area (Å²) in [7, 11) is 1.55. The molecule has 4 heterocycles. The van der Waals surface area contributed by atoms with Crippen molar-refractivity contribution in [3.05, 3.63) is 11.3 Å². The Hall–Kier alpha value is -0.430. The predicted molar refractivity (Wildman–Crippen MR) is 283 cm³/mol. The molecule has 4 aliphatic heterocycles. The summed E-state index contributed by atoms with van der Waals surface area (Å²) in [5.41, 5.74) is -2.98. The number of esters is 1. The summed E-state index contributed by atoms with van der Waals surface area (Å²) in [6, 6.07) is -0.197. The lowest BCUT2D eigenvalue weighted by Gasteiger charge is -2.49. The second kappa shape index (κ2) is 29.8. The van der Waals surface area contributed by atoms with E-state index in [9.17, 15) is 25.2 Å². The van der Waals surface area contributed by atoms with Crippen LogP contribution < -0.4 is 0 Å². The van der Waals surface area contributed by atoms with Gasteiger partial charge in [0.05, 0.1) is 41.9 Å². The van der Waals surface area contributed by atoms with Crippen molar-refractivity contribution in [3.8, 4) is 0 Å². The number of hydrogen-bond donors (Lipinski definition) is 4. The third-order valence-electron chi connectivity index (χ3n) is 16.4. The standard InChI is InChI=1S/C55H99Br2NO12/c1-12-43(59)55(10,63)50-38(4)46-36(2)34-54(9,70-46)49(39(5)47(40(6)51(62)68-50)67-44-35-53(8,64-11)48(61)41(7)66-44)69-52-45(60)42(33-37(3)65-52)58(31-27-23-19-15-13-17-21-25-29-56)32-28-24-20-16-14-18-22-26-30-57/h37-45,47-50,52,59-61,63H,12-35H2,1-11H3/t37?,38-,39-,40+,41?,42?,43+,44-,45?,47-,48-,49+,50+,52-,53?,54-,55+/m0/s1. The molecule has 70 heavy (non-hydrogen) atoms. The average molecular weight is 1130 g/mol. The van der Waals surface area contributed by atoms with Crippen LogP contribution >= 0.6 is 31.9 Å². The van der Waals surface area contributed by atoms with E-state index in [-0.39, 0.29) is 25.0 Å². The quantitative estimate of drug-likeness (QED) is 0.0318. The van der Waals surface area contributed by atoms with E-state index in [4.69, 9.17) is 33.2 Å². The molecule has 4 aliphatic rings. The van der Waals surface area contributed by atoms with Crippen LogP contribution in [0.15, 0.2) is 11.3 Å². The molecule has 4 rings (SSSR count). The molecule has 4 N–H and O–H groups in total. The molecule has 0 saturated carbocycles. The van der Waals surface area contributed by atoms with Crippen LogP contribution in [0.3, 0.4) is 0 Å². The molecule has 0 amide bonds. The summed E-state index contributed by atoms with van der Waals surface area (Å²) in [5.74, 6) is -2.26. The molecule has 0 spiro atoms. The van der Waals surface area contributed by atoms with Gasteiger partial charge in [-0.1, -0.05) is 130 Å². The lowest BCUT2D eigenvalue weighted by atomic mass is 9.78. The first-order valence-corrected chi connectivity index (χ1v) is 29.8. The fourth-order valence-corrected chi connectivity index (χ4v) is 12.8. The number of carbonyl (C=O) groups excluding carboxylic acids is 1. The van der Waals surface area contributed by atoms with Crippen molar-refractivity contribution in [3.63, 3.8) is 0 Å². The summed E-state index contributed by atoms with van der Waals surface area (Å²) in [4.78, 5) is 17.2. The molecule has 0 aromatic rings. The number of aliphatic hydroxyl groups excluding tert-OH is 3. The first kappa shape index (κ1) is 62.1. The number of nitrogens with zero attached hydrogens (tertiary/aromatic N) is 1. The zero-order chi connectivity index (χ0) is 51.8. The average Bonchev–Trinajstić information content (AvgIpc) is 3.64. The van der Waals surface area contributed by atoms with Crippen LogP contribution in [0.1, 0.15) is 198 Å². The van der Waals surface area contributed by atoms with Crippen LogP contribution in [0.5, 0.6) is 0 Å². The lowest BCUT2D eigenvalue weighted by Crippen LogP contribution is -2.61. The molecule has 15 heteroatoms. The minimum absolute atomic E-state index is 0.176. The molecule has 0 aromatic heterocycles. The third-order valence-corrected chi connectivity index (χ3v) is 17.5. The minimum Gasteiger partial charge on any atom is -0.488 e. The molecular formula is C55H99Br2NO12. The van der Waals surface area contributed by atoms with Gasteiger partial charge in [0, 0.05) is 42.6 Å². The summed E-state index contributed by atoms with van der Waals surface area (Å²) >= 11 is 7.11. The molecule has 3 fully saturated rings. The largest absolute Gasteiger partial charge is 0.488 e. The van der Waals surface area contributed by atoms with E-state index in [1.165, 1.54) is 84.0 Å². The SMILES string of the molecule is CC[C@@H](O)[C@@](C)(O)[C@@H]1OC(=O)[C@H](C)[C@@H](O[C@H]2CC(C)(OC)[C@@H](O)C(C)O2)[C@H](C)[C@@H](O[C@@H]2OC(C)CC(N(CCCCCCCCCCBr)CCCCCCCCCCBr)C2O)[C@]2(C)CC(C)=C(O2)[C@@H]1C. The Morgan fingerprint density at radius 3 is 1.86 bits per heavy atom. The van der Waals surface area contributed by atoms with Crippen molar-refractivity contribution in [2.45, 2.75) is 282 Å². The molecule has 2 bridgehead atoms. The maximum atomic E-state index is 14.7. The zero-order valence-electron chi connectivity index (χ0n) is 45.3. The Labute approximate surface area is 440 Å². The first-order valence-electron chi connectivity index (χ1n) is 27.6. The smallest absolute Gasteiger partial charge is 0.311 e. The van der Waals surface area contributed by atoms with Gasteiger partial charge < -0.3 is 53.6 Å². The second-order valence-electron chi connectivity index (χ2n) is 22.5. The minimum atomic E-state index is -1.83. The van der Waals surface area contributed by atoms with Crippen LogP contribution in [0.25, 0.3) is 0 Å². The lowest BCUT2D eigenvalue weighted by molar-refractivity contribution is -0.317. The number of rotatable bonds is 29. The Morgan fingerprint density at radius 2 is 1.34 bits per heavy atom. The maximum absolute atomic E-state index is 14.7. The number of unbranched alkanes of at least 4 members (excludes halogenated alkanes) is 14. The third kappa shape index (κ3) is 16.8. The summed E-state index contributed by atoms with van der Waals surface area (Å²) in [5, 5.41) is 49.1. The van der Waals surface area contributed by atoms with Crippen molar-refractivity contribution in [2.75, 3.05) is 30.9 Å². The normalized spacial score (nSPS) is 36.7. The molecule has 410 valence electrons. The van der Waals surface area contributed by atoms with E-state index in [2.05, 4.69) is 43.7 Å². The number of carbonyl (C=O) groups is 1. The van der Waals surface area contributed by atoms with E-state index >= 15 is 0 Å². The van der Waals surface area contributed by atoms with Gasteiger partial charge in [0.1, 0.15) is 41.4 Å². The van der Waals surface area contributed by atoms with Crippen LogP contribution in [0.4, 0.5) is 0 Å². The van der Waals surface area contributed by atoms with E-state index in [1.54, 1.807) is 27.9 Å². The van der Waals surface area contributed by atoms with Crippen LogP contribution in [0, 0.1) is 17.8 Å². The van der Waals surface area contributed by atoms with Gasteiger partial charge in [-0.15, -0.1) is 0 Å². The second-order valence-corrected chi connectivity index (χ2v) is 24.0.